The van der Waals surface area contributed by atoms with E-state index in [9.17, 15) is 4.79 Å². The van der Waals surface area contributed by atoms with E-state index >= 15 is 0 Å². The normalized spacial score (nSPS) is 12.2. The van der Waals surface area contributed by atoms with E-state index in [1.165, 1.54) is 0 Å². The molecule has 0 aliphatic carbocycles. The zero-order valence-electron chi connectivity index (χ0n) is 8.58. The fourth-order valence-electron chi connectivity index (χ4n) is 1.38. The number of halogens is 1. The lowest BCUT2D eigenvalue weighted by molar-refractivity contribution is -0.120. The van der Waals surface area contributed by atoms with Gasteiger partial charge in [-0.25, -0.2) is 0 Å². The average Bonchev–Trinajstić information content (AvgIpc) is 2.18. The highest BCUT2D eigenvalue weighted by atomic mass is 79.9. The van der Waals surface area contributed by atoms with Crippen LogP contribution < -0.4 is 15.8 Å². The number of nitrogens with one attached hydrogen (secondary N) is 1. The second-order valence-electron chi connectivity index (χ2n) is 3.01. The number of amides is 1. The van der Waals surface area contributed by atoms with Gasteiger partial charge < -0.3 is 15.8 Å². The van der Waals surface area contributed by atoms with Crippen LogP contribution in [0.2, 0.25) is 0 Å². The molecular formula is C10H13BrN2O2. The van der Waals surface area contributed by atoms with Crippen molar-refractivity contribution in [3.05, 3.63) is 28.2 Å². The summed E-state index contributed by atoms with van der Waals surface area (Å²) in [6, 6.07) is 4.89. The highest BCUT2D eigenvalue weighted by molar-refractivity contribution is 9.10. The van der Waals surface area contributed by atoms with E-state index in [-0.39, 0.29) is 0 Å². The minimum absolute atomic E-state index is 0.436. The standard InChI is InChI=1S/C10H13BrN2O2/c1-13-9(10(12)14)7-5-6(11)3-4-8(7)15-2/h3-5,9,13H,1-2H3,(H2,12,14). The van der Waals surface area contributed by atoms with Crippen LogP contribution >= 0.6 is 15.9 Å². The molecule has 1 amide bonds. The Morgan fingerprint density at radius 3 is 2.73 bits per heavy atom. The number of primary amides is 1. The Morgan fingerprint density at radius 1 is 1.60 bits per heavy atom. The van der Waals surface area contributed by atoms with Gasteiger partial charge in [0.25, 0.3) is 0 Å². The molecule has 0 spiro atoms. The van der Waals surface area contributed by atoms with Crippen molar-refractivity contribution in [2.45, 2.75) is 6.04 Å². The van der Waals surface area contributed by atoms with Gasteiger partial charge in [-0.3, -0.25) is 4.79 Å². The van der Waals surface area contributed by atoms with Gasteiger partial charge in [0.15, 0.2) is 0 Å². The van der Waals surface area contributed by atoms with Gasteiger partial charge in [0.05, 0.1) is 7.11 Å². The summed E-state index contributed by atoms with van der Waals surface area (Å²) in [5.74, 6) is 0.199. The molecule has 0 radical (unpaired) electrons. The number of carbonyl (C=O) groups is 1. The highest BCUT2D eigenvalue weighted by Crippen LogP contribution is 2.28. The van der Waals surface area contributed by atoms with Crippen LogP contribution in [-0.2, 0) is 4.79 Å². The van der Waals surface area contributed by atoms with Crippen LogP contribution in [0.25, 0.3) is 0 Å². The van der Waals surface area contributed by atoms with E-state index < -0.39 is 11.9 Å². The predicted octanol–water partition coefficient (Wildman–Crippen LogP) is 1.20. The third-order valence-electron chi connectivity index (χ3n) is 2.08. The highest BCUT2D eigenvalue weighted by Gasteiger charge is 2.19. The second kappa shape index (κ2) is 5.14. The Morgan fingerprint density at radius 2 is 2.27 bits per heavy atom. The van der Waals surface area contributed by atoms with Crippen molar-refractivity contribution in [2.24, 2.45) is 5.73 Å². The maximum Gasteiger partial charge on any atom is 0.239 e. The van der Waals surface area contributed by atoms with Crippen molar-refractivity contribution in [2.75, 3.05) is 14.2 Å². The number of hydrogen-bond acceptors (Lipinski definition) is 3. The Hall–Kier alpha value is -1.07. The molecule has 1 unspecified atom stereocenters. The first-order valence-electron chi connectivity index (χ1n) is 4.40. The lowest BCUT2D eigenvalue weighted by Gasteiger charge is -2.16. The number of methoxy groups -OCH3 is 1. The van der Waals surface area contributed by atoms with Gasteiger partial charge in [-0.15, -0.1) is 0 Å². The van der Waals surface area contributed by atoms with Crippen LogP contribution in [0.15, 0.2) is 22.7 Å². The minimum atomic E-state index is -0.544. The molecular weight excluding hydrogens is 260 g/mol. The second-order valence-corrected chi connectivity index (χ2v) is 3.93. The average molecular weight is 273 g/mol. The van der Waals surface area contributed by atoms with Crippen LogP contribution in [0, 0.1) is 0 Å². The summed E-state index contributed by atoms with van der Waals surface area (Å²) in [5.41, 5.74) is 6.00. The van der Waals surface area contributed by atoms with E-state index in [1.54, 1.807) is 20.2 Å². The summed E-state index contributed by atoms with van der Waals surface area (Å²) in [4.78, 5) is 11.2. The number of benzene rings is 1. The van der Waals surface area contributed by atoms with Gasteiger partial charge in [0.2, 0.25) is 5.91 Å². The number of carbonyl (C=O) groups excluding carboxylic acids is 1. The van der Waals surface area contributed by atoms with Crippen molar-refractivity contribution in [1.29, 1.82) is 0 Å². The Balaban J connectivity index is 3.19. The van der Waals surface area contributed by atoms with Gasteiger partial charge in [0, 0.05) is 10.0 Å². The van der Waals surface area contributed by atoms with E-state index in [2.05, 4.69) is 21.2 Å². The number of hydrogen-bond donors (Lipinski definition) is 2. The van der Waals surface area contributed by atoms with E-state index in [0.717, 1.165) is 10.0 Å². The topological polar surface area (TPSA) is 64.3 Å². The summed E-state index contributed by atoms with van der Waals surface area (Å²) in [6.45, 7) is 0. The summed E-state index contributed by atoms with van der Waals surface area (Å²) in [7, 11) is 3.23. The molecule has 0 aliphatic rings. The first-order valence-corrected chi connectivity index (χ1v) is 5.19. The number of rotatable bonds is 4. The molecule has 0 fully saturated rings. The van der Waals surface area contributed by atoms with Crippen LogP contribution in [-0.4, -0.2) is 20.1 Å². The van der Waals surface area contributed by atoms with Gasteiger partial charge in [-0.2, -0.15) is 0 Å². The van der Waals surface area contributed by atoms with Crippen LogP contribution in [0.5, 0.6) is 5.75 Å². The molecule has 0 aliphatic heterocycles. The fourth-order valence-corrected chi connectivity index (χ4v) is 1.76. The molecule has 1 aromatic rings. The minimum Gasteiger partial charge on any atom is -0.496 e. The molecule has 1 rings (SSSR count). The molecule has 0 saturated heterocycles. The Kier molecular flexibility index (Phi) is 4.11. The molecule has 0 heterocycles. The lowest BCUT2D eigenvalue weighted by Crippen LogP contribution is -2.31. The Bertz CT molecular complexity index is 368. The quantitative estimate of drug-likeness (QED) is 0.866. The predicted molar refractivity (Wildman–Crippen MR) is 61.7 cm³/mol. The molecule has 1 aromatic carbocycles. The van der Waals surface area contributed by atoms with Crippen molar-refractivity contribution in [3.8, 4) is 5.75 Å². The molecule has 0 aromatic heterocycles. The maximum atomic E-state index is 11.2. The van der Waals surface area contributed by atoms with Crippen LogP contribution in [0.3, 0.4) is 0 Å². The van der Waals surface area contributed by atoms with Gasteiger partial charge in [-0.1, -0.05) is 15.9 Å². The Labute approximate surface area is 96.9 Å². The van der Waals surface area contributed by atoms with E-state index in [4.69, 9.17) is 10.5 Å². The van der Waals surface area contributed by atoms with E-state index in [1.807, 2.05) is 12.1 Å². The van der Waals surface area contributed by atoms with Crippen LogP contribution in [0.4, 0.5) is 0 Å². The van der Waals surface area contributed by atoms with Gasteiger partial charge in [-0.05, 0) is 25.2 Å². The van der Waals surface area contributed by atoms with Crippen molar-refractivity contribution >= 4 is 21.8 Å². The summed E-state index contributed by atoms with van der Waals surface area (Å²) < 4.78 is 6.04. The summed E-state index contributed by atoms with van der Waals surface area (Å²) >= 11 is 3.34. The lowest BCUT2D eigenvalue weighted by atomic mass is 10.1. The first kappa shape index (κ1) is 12.0. The molecule has 82 valence electrons. The first-order chi connectivity index (χ1) is 7.10. The maximum absolute atomic E-state index is 11.2. The van der Waals surface area contributed by atoms with Gasteiger partial charge >= 0.3 is 0 Å². The van der Waals surface area contributed by atoms with Crippen molar-refractivity contribution < 1.29 is 9.53 Å². The number of likely N-dealkylation sites (N-methyl/N-ethyl adjacent to an activating group) is 1. The third kappa shape index (κ3) is 2.70. The molecule has 0 saturated carbocycles. The molecule has 0 bridgehead atoms. The molecule has 3 N–H and O–H groups in total. The summed E-state index contributed by atoms with van der Waals surface area (Å²) in [5, 5.41) is 2.84. The number of nitrogens with two attached hydrogens (primary N) is 1. The monoisotopic (exact) mass is 272 g/mol. The zero-order chi connectivity index (χ0) is 11.4. The van der Waals surface area contributed by atoms with Crippen molar-refractivity contribution in [1.82, 2.24) is 5.32 Å². The molecule has 15 heavy (non-hydrogen) atoms. The summed E-state index contributed by atoms with van der Waals surface area (Å²) in [6.07, 6.45) is 0. The molecule has 1 atom stereocenters. The number of ether oxygens (including phenoxy) is 1. The van der Waals surface area contributed by atoms with E-state index in [0.29, 0.717) is 5.75 Å². The molecule has 5 heteroatoms. The zero-order valence-corrected chi connectivity index (χ0v) is 10.2. The third-order valence-corrected chi connectivity index (χ3v) is 2.57. The van der Waals surface area contributed by atoms with Crippen molar-refractivity contribution in [3.63, 3.8) is 0 Å². The van der Waals surface area contributed by atoms with Gasteiger partial charge in [0.1, 0.15) is 11.8 Å². The van der Waals surface area contributed by atoms with Crippen LogP contribution in [0.1, 0.15) is 11.6 Å². The molecule has 4 nitrogen and oxygen atoms in total. The largest absolute Gasteiger partial charge is 0.496 e. The fraction of sp³-hybridized carbons (Fsp3) is 0.300. The smallest absolute Gasteiger partial charge is 0.239 e. The SMILES string of the molecule is CNC(C(N)=O)c1cc(Br)ccc1OC.